The number of carbonyl (C=O) groups excluding carboxylic acids is 5. The van der Waals surface area contributed by atoms with Crippen molar-refractivity contribution in [1.29, 1.82) is 0 Å². The zero-order valence-corrected chi connectivity index (χ0v) is 43.0. The van der Waals surface area contributed by atoms with E-state index in [-0.39, 0.29) is 18.6 Å². The van der Waals surface area contributed by atoms with E-state index in [0.29, 0.717) is 30.6 Å². The van der Waals surface area contributed by atoms with Crippen LogP contribution >= 0.6 is 23.5 Å². The maximum Gasteiger partial charge on any atom is 0.326 e. The van der Waals surface area contributed by atoms with E-state index in [1.807, 2.05) is 121 Å². The smallest absolute Gasteiger partial charge is 0.326 e. The molecule has 2 heterocycles. The Morgan fingerprint density at radius 3 is 1.51 bits per heavy atom. The van der Waals surface area contributed by atoms with Crippen molar-refractivity contribution in [2.75, 3.05) is 18.1 Å². The Kier molecular flexibility index (Phi) is 17.1. The summed E-state index contributed by atoms with van der Waals surface area (Å²) in [5.74, 6) is -2.34. The minimum atomic E-state index is -1.30. The second-order valence-corrected chi connectivity index (χ2v) is 21.2. The number of allylic oxidation sites excluding steroid dienone is 1. The highest BCUT2D eigenvalue weighted by molar-refractivity contribution is 8.00. The number of amides is 4. The summed E-state index contributed by atoms with van der Waals surface area (Å²) in [7, 11) is 0. The van der Waals surface area contributed by atoms with Gasteiger partial charge in [0, 0.05) is 24.6 Å². The third-order valence-corrected chi connectivity index (χ3v) is 16.8. The number of thioether (sulfide) groups is 2. The van der Waals surface area contributed by atoms with Crippen LogP contribution in [0.4, 0.5) is 0 Å². The van der Waals surface area contributed by atoms with Gasteiger partial charge in [-0.05, 0) is 76.1 Å². The molecule has 380 valence electrons. The van der Waals surface area contributed by atoms with Crippen molar-refractivity contribution in [3.63, 3.8) is 0 Å². The Morgan fingerprint density at radius 2 is 1.05 bits per heavy atom. The van der Waals surface area contributed by atoms with Crippen molar-refractivity contribution in [3.8, 4) is 0 Å². The molecule has 0 radical (unpaired) electrons. The number of benzene rings is 6. The minimum Gasteiger partial charge on any atom is -0.456 e. The SMILES string of the molecule is O=C1C[C@@H](C=CCCSC(c2ccccc2)(c2ccccc2)c2ccccc2)OC(=O)CNC(=O)C2(CC2)NC(=O)[C@@H](CSC(c2ccccc2)(c2ccccc2)c2ccccc2)NC(=O)[C@@H](Cc2cccnc2)N1. The number of pyridine rings is 1. The highest BCUT2D eigenvalue weighted by Gasteiger charge is 2.52. The number of cyclic esters (lactones) is 1. The summed E-state index contributed by atoms with van der Waals surface area (Å²) in [5, 5.41) is 11.6. The molecule has 1 aromatic heterocycles. The van der Waals surface area contributed by atoms with E-state index in [0.717, 1.165) is 33.4 Å². The summed E-state index contributed by atoms with van der Waals surface area (Å²) in [4.78, 5) is 75.6. The first-order valence-electron chi connectivity index (χ1n) is 25.2. The maximum atomic E-state index is 14.8. The van der Waals surface area contributed by atoms with Gasteiger partial charge in [-0.15, -0.1) is 23.5 Å². The highest BCUT2D eigenvalue weighted by atomic mass is 32.2. The molecule has 11 nitrogen and oxygen atoms in total. The third kappa shape index (κ3) is 12.4. The van der Waals surface area contributed by atoms with Gasteiger partial charge in [0.1, 0.15) is 30.3 Å². The molecular weight excluding hydrogens is 975 g/mol. The molecule has 1 saturated heterocycles. The molecule has 1 spiro atoms. The van der Waals surface area contributed by atoms with Crippen LogP contribution in [0.2, 0.25) is 0 Å². The molecule has 1 saturated carbocycles. The van der Waals surface area contributed by atoms with Crippen molar-refractivity contribution >= 4 is 53.1 Å². The Labute approximate surface area is 446 Å². The largest absolute Gasteiger partial charge is 0.456 e. The maximum absolute atomic E-state index is 14.8. The monoisotopic (exact) mass is 1030 g/mol. The van der Waals surface area contributed by atoms with Crippen LogP contribution in [0.15, 0.2) is 219 Å². The van der Waals surface area contributed by atoms with Gasteiger partial charge in [0.2, 0.25) is 23.6 Å². The molecule has 1 aliphatic heterocycles. The lowest BCUT2D eigenvalue weighted by molar-refractivity contribution is -0.148. The number of ether oxygens (including phenoxy) is 1. The van der Waals surface area contributed by atoms with Crippen LogP contribution in [-0.4, -0.2) is 76.4 Å². The predicted octanol–water partition coefficient (Wildman–Crippen LogP) is 9.07. The fourth-order valence-electron chi connectivity index (χ4n) is 9.67. The minimum absolute atomic E-state index is 0.0464. The molecule has 3 atom stereocenters. The Balaban J connectivity index is 0.994. The van der Waals surface area contributed by atoms with Gasteiger partial charge in [-0.2, -0.15) is 0 Å². The molecule has 75 heavy (non-hydrogen) atoms. The normalized spacial score (nSPS) is 18.6. The average Bonchev–Trinajstić information content (AvgIpc) is 4.25. The molecule has 4 N–H and O–H groups in total. The van der Waals surface area contributed by atoms with Crippen molar-refractivity contribution in [2.45, 2.75) is 65.3 Å². The summed E-state index contributed by atoms with van der Waals surface area (Å²) in [5.41, 5.74) is 5.64. The lowest BCUT2D eigenvalue weighted by atomic mass is 9.84. The Morgan fingerprint density at radius 1 is 0.573 bits per heavy atom. The van der Waals surface area contributed by atoms with Crippen molar-refractivity contribution < 1.29 is 28.7 Å². The van der Waals surface area contributed by atoms with E-state index in [9.17, 15) is 24.0 Å². The van der Waals surface area contributed by atoms with Crippen molar-refractivity contribution in [2.24, 2.45) is 0 Å². The average molecular weight is 1030 g/mol. The molecule has 0 unspecified atom stereocenters. The summed E-state index contributed by atoms with van der Waals surface area (Å²) in [6.45, 7) is -0.487. The number of nitrogens with zero attached hydrogens (tertiary/aromatic N) is 1. The van der Waals surface area contributed by atoms with Gasteiger partial charge < -0.3 is 26.0 Å². The van der Waals surface area contributed by atoms with Gasteiger partial charge in [0.15, 0.2) is 0 Å². The Hall–Kier alpha value is -7.74. The molecule has 1 aliphatic carbocycles. The second kappa shape index (κ2) is 24.5. The van der Waals surface area contributed by atoms with Crippen LogP contribution < -0.4 is 21.3 Å². The lowest BCUT2D eigenvalue weighted by Crippen LogP contribution is -2.59. The molecule has 7 aromatic rings. The Bertz CT molecular complexity index is 2850. The zero-order valence-electron chi connectivity index (χ0n) is 41.4. The number of hydrogen-bond donors (Lipinski definition) is 4. The van der Waals surface area contributed by atoms with Crippen molar-refractivity contribution in [1.82, 2.24) is 26.3 Å². The molecule has 2 aliphatic rings. The van der Waals surface area contributed by atoms with Gasteiger partial charge in [-0.3, -0.25) is 29.0 Å². The predicted molar refractivity (Wildman–Crippen MR) is 297 cm³/mol. The summed E-state index contributed by atoms with van der Waals surface area (Å²) in [6, 6.07) is 62.4. The van der Waals surface area contributed by atoms with Gasteiger partial charge in [-0.25, -0.2) is 0 Å². The van der Waals surface area contributed by atoms with Gasteiger partial charge >= 0.3 is 5.97 Å². The van der Waals surface area contributed by atoms with Crippen LogP contribution in [0.3, 0.4) is 0 Å². The van der Waals surface area contributed by atoms with Crippen molar-refractivity contribution in [3.05, 3.63) is 258 Å². The van der Waals surface area contributed by atoms with Crippen LogP contribution in [0.5, 0.6) is 0 Å². The summed E-state index contributed by atoms with van der Waals surface area (Å²) >= 11 is 3.27. The van der Waals surface area contributed by atoms with Gasteiger partial charge in [0.05, 0.1) is 15.9 Å². The van der Waals surface area contributed by atoms with E-state index in [1.165, 1.54) is 11.8 Å². The molecule has 4 amide bonds. The fraction of sp³-hybridized carbons (Fsp3) is 0.226. The van der Waals surface area contributed by atoms with Crippen LogP contribution in [0, 0.1) is 0 Å². The first-order valence-corrected chi connectivity index (χ1v) is 27.2. The number of esters is 1. The molecule has 0 bridgehead atoms. The zero-order chi connectivity index (χ0) is 51.9. The van der Waals surface area contributed by atoms with Gasteiger partial charge in [0.25, 0.3) is 0 Å². The van der Waals surface area contributed by atoms with E-state index in [2.05, 4.69) is 99.0 Å². The fourth-order valence-corrected chi connectivity index (χ4v) is 12.7. The first-order chi connectivity index (χ1) is 36.7. The number of carbonyl (C=O) groups is 5. The summed E-state index contributed by atoms with van der Waals surface area (Å²) in [6.07, 6.45) is 6.74. The molecule has 2 fully saturated rings. The summed E-state index contributed by atoms with van der Waals surface area (Å²) < 4.78 is 4.51. The quantitative estimate of drug-likeness (QED) is 0.0321. The molecule has 9 rings (SSSR count). The lowest BCUT2D eigenvalue weighted by Gasteiger charge is -2.37. The van der Waals surface area contributed by atoms with E-state index < -0.39 is 69.4 Å². The van der Waals surface area contributed by atoms with Crippen LogP contribution in [0.1, 0.15) is 64.6 Å². The number of aromatic nitrogens is 1. The first kappa shape index (κ1) is 52.1. The molecular formula is C62H59N5O6S2. The van der Waals surface area contributed by atoms with E-state index in [1.54, 1.807) is 36.3 Å². The number of rotatable bonds is 16. The topological polar surface area (TPSA) is 156 Å². The highest BCUT2D eigenvalue weighted by Crippen LogP contribution is 2.50. The standard InChI is InChI=1S/C62H59N5O6S2/c68-55-41-52(35-19-20-39-74-61(46-23-7-1-8-24-46,47-25-9-2-10-26-47)48-27-11-3-12-28-48)73-56(69)43-64-59(72)60(36-37-60)67-58(71)54(66-57(70)53(65-55)40-45-22-21-38-63-42-45)44-75-62(49-29-13-4-14-30-49,50-31-15-5-16-32-50)51-33-17-6-18-34-51/h1-19,21-35,38,42,52-54H,20,36-37,39-41,43-44H2,(H,64,72)(H,65,68)(H,66,70)(H,67,71)/t52-,53-,54-/m1/s1. The van der Waals surface area contributed by atoms with E-state index >= 15 is 0 Å². The number of hydrogen-bond acceptors (Lipinski definition) is 9. The van der Waals surface area contributed by atoms with Gasteiger partial charge in [-0.1, -0.05) is 194 Å². The van der Waals surface area contributed by atoms with Crippen LogP contribution in [-0.2, 0) is 44.6 Å². The molecule has 6 aromatic carbocycles. The molecule has 13 heteroatoms. The van der Waals surface area contributed by atoms with Crippen LogP contribution in [0.25, 0.3) is 0 Å². The van der Waals surface area contributed by atoms with E-state index in [4.69, 9.17) is 4.74 Å². The second-order valence-electron chi connectivity index (χ2n) is 18.7. The third-order valence-electron chi connectivity index (χ3n) is 13.6. The number of nitrogens with one attached hydrogen (secondary N) is 4.